The highest BCUT2D eigenvalue weighted by molar-refractivity contribution is 7.14. The molecule has 0 aliphatic carbocycles. The molecule has 0 saturated heterocycles. The van der Waals surface area contributed by atoms with Crippen LogP contribution in [0.15, 0.2) is 78.8 Å². The lowest BCUT2D eigenvalue weighted by Crippen LogP contribution is -2.05. The number of thiophene rings is 1. The highest BCUT2D eigenvalue weighted by Gasteiger charge is 2.19. The van der Waals surface area contributed by atoms with E-state index in [1.54, 1.807) is 22.3 Å². The zero-order valence-corrected chi connectivity index (χ0v) is 18.4. The molecule has 5 aromatic heterocycles. The predicted octanol–water partition coefficient (Wildman–Crippen LogP) is 5.11. The Labute approximate surface area is 188 Å². The van der Waals surface area contributed by atoms with Gasteiger partial charge in [0.25, 0.3) is 0 Å². The van der Waals surface area contributed by atoms with Crippen molar-refractivity contribution in [3.63, 3.8) is 0 Å². The highest BCUT2D eigenvalue weighted by Crippen LogP contribution is 2.35. The summed E-state index contributed by atoms with van der Waals surface area (Å²) in [6.07, 6.45) is 5.02. The van der Waals surface area contributed by atoms with Crippen molar-refractivity contribution in [2.75, 3.05) is 0 Å². The third-order valence-corrected chi connectivity index (χ3v) is 6.49. The Morgan fingerprint density at radius 2 is 1.72 bits per heavy atom. The lowest BCUT2D eigenvalue weighted by atomic mass is 10.1. The summed E-state index contributed by atoms with van der Waals surface area (Å²) in [7, 11) is 0. The molecule has 0 spiro atoms. The minimum Gasteiger partial charge on any atom is -0.317 e. The molecule has 6 aromatic rings. The van der Waals surface area contributed by atoms with Crippen LogP contribution in [0.3, 0.4) is 0 Å². The molecule has 32 heavy (non-hydrogen) atoms. The summed E-state index contributed by atoms with van der Waals surface area (Å²) in [4.78, 5) is 9.91. The zero-order valence-electron chi connectivity index (χ0n) is 17.5. The highest BCUT2D eigenvalue weighted by atomic mass is 32.1. The van der Waals surface area contributed by atoms with Gasteiger partial charge in [-0.15, -0.1) is 11.3 Å². The van der Waals surface area contributed by atoms with Crippen molar-refractivity contribution in [2.24, 2.45) is 0 Å². The molecule has 8 heteroatoms. The van der Waals surface area contributed by atoms with Gasteiger partial charge >= 0.3 is 0 Å². The number of fused-ring (bicyclic) bond motifs is 1. The molecule has 0 N–H and O–H groups in total. The Morgan fingerprint density at radius 3 is 2.47 bits per heavy atom. The second-order valence-electron chi connectivity index (χ2n) is 7.58. The van der Waals surface area contributed by atoms with Gasteiger partial charge in [-0.05, 0) is 37.4 Å². The number of benzene rings is 1. The molecule has 0 aliphatic heterocycles. The lowest BCUT2D eigenvalue weighted by molar-refractivity contribution is 0.846. The number of aryl methyl sites for hydroxylation is 2. The fourth-order valence-electron chi connectivity index (χ4n) is 4.12. The average Bonchev–Trinajstić information content (AvgIpc) is 3.60. The molecular formula is C24H19N7S. The number of nitrogens with zero attached hydrogens (tertiary/aromatic N) is 7. The maximum atomic E-state index is 5.02. The molecule has 0 bridgehead atoms. The van der Waals surface area contributed by atoms with E-state index in [1.807, 2.05) is 35.0 Å². The number of aromatic nitrogens is 7. The molecule has 0 unspecified atom stereocenters. The van der Waals surface area contributed by atoms with E-state index in [0.717, 1.165) is 38.9 Å². The molecule has 1 aromatic carbocycles. The minimum absolute atomic E-state index is 0.781. The maximum absolute atomic E-state index is 5.02. The van der Waals surface area contributed by atoms with Gasteiger partial charge in [-0.1, -0.05) is 30.3 Å². The molecule has 5 heterocycles. The summed E-state index contributed by atoms with van der Waals surface area (Å²) in [5.74, 6) is 0. The van der Waals surface area contributed by atoms with E-state index in [-0.39, 0.29) is 0 Å². The van der Waals surface area contributed by atoms with E-state index in [9.17, 15) is 0 Å². The van der Waals surface area contributed by atoms with E-state index in [2.05, 4.69) is 64.2 Å². The lowest BCUT2D eigenvalue weighted by Gasteiger charge is -2.11. The monoisotopic (exact) mass is 437 g/mol. The van der Waals surface area contributed by atoms with Crippen molar-refractivity contribution >= 4 is 17.0 Å². The molecule has 0 saturated carbocycles. The summed E-state index contributed by atoms with van der Waals surface area (Å²) in [6.45, 7) is 4.25. The van der Waals surface area contributed by atoms with E-state index in [0.29, 0.717) is 0 Å². The topological polar surface area (TPSA) is 65.8 Å². The van der Waals surface area contributed by atoms with Crippen molar-refractivity contribution in [2.45, 2.75) is 13.8 Å². The zero-order chi connectivity index (χ0) is 21.7. The van der Waals surface area contributed by atoms with Crippen LogP contribution in [0.5, 0.6) is 0 Å². The molecule has 0 radical (unpaired) electrons. The molecule has 0 fully saturated rings. The third kappa shape index (κ3) is 2.88. The van der Waals surface area contributed by atoms with Gasteiger partial charge in [-0.25, -0.2) is 19.2 Å². The first-order valence-electron chi connectivity index (χ1n) is 10.2. The largest absolute Gasteiger partial charge is 0.317 e. The summed E-state index contributed by atoms with van der Waals surface area (Å²) in [6, 6.07) is 18.7. The first-order chi connectivity index (χ1) is 15.7. The molecule has 7 nitrogen and oxygen atoms in total. The first kappa shape index (κ1) is 18.7. The smallest absolute Gasteiger partial charge is 0.156 e. The quantitative estimate of drug-likeness (QED) is 0.384. The van der Waals surface area contributed by atoms with Crippen LogP contribution in [0.1, 0.15) is 11.4 Å². The summed E-state index contributed by atoms with van der Waals surface area (Å²) < 4.78 is 5.89. The van der Waals surface area contributed by atoms with Gasteiger partial charge in [0.15, 0.2) is 5.65 Å². The van der Waals surface area contributed by atoms with E-state index >= 15 is 0 Å². The predicted molar refractivity (Wildman–Crippen MR) is 125 cm³/mol. The van der Waals surface area contributed by atoms with Crippen LogP contribution < -0.4 is 0 Å². The van der Waals surface area contributed by atoms with Gasteiger partial charge in [-0.3, -0.25) is 0 Å². The van der Waals surface area contributed by atoms with Gasteiger partial charge in [0, 0.05) is 23.0 Å². The Hall–Kier alpha value is -4.04. The second-order valence-corrected chi connectivity index (χ2v) is 8.50. The second kappa shape index (κ2) is 7.28. The van der Waals surface area contributed by atoms with Crippen LogP contribution in [0.2, 0.25) is 0 Å². The molecular weight excluding hydrogens is 418 g/mol. The standard InChI is InChI=1S/C24H19N7S/c1-16-8-9-17(2)30(16)20-10-11-32-24(20)19-12-22-26-13-21(29-15-25-14-27-29)23(31(22)28-19)18-6-4-3-5-7-18/h3-15H,1-2H3. The molecule has 0 atom stereocenters. The van der Waals surface area contributed by atoms with Gasteiger partial charge in [-0.2, -0.15) is 10.2 Å². The summed E-state index contributed by atoms with van der Waals surface area (Å²) >= 11 is 1.69. The molecule has 6 rings (SSSR count). The van der Waals surface area contributed by atoms with Crippen LogP contribution in [0, 0.1) is 13.8 Å². The van der Waals surface area contributed by atoms with E-state index < -0.39 is 0 Å². The van der Waals surface area contributed by atoms with Crippen LogP contribution in [-0.4, -0.2) is 33.9 Å². The Balaban J connectivity index is 1.60. The van der Waals surface area contributed by atoms with Gasteiger partial charge in [0.2, 0.25) is 0 Å². The Bertz CT molecular complexity index is 1520. The maximum Gasteiger partial charge on any atom is 0.156 e. The summed E-state index contributed by atoms with van der Waals surface area (Å²) in [5.41, 5.74) is 7.97. The normalized spacial score (nSPS) is 11.4. The fraction of sp³-hybridized carbons (Fsp3) is 0.0833. The Morgan fingerprint density at radius 1 is 0.906 bits per heavy atom. The average molecular weight is 438 g/mol. The molecule has 0 aliphatic rings. The van der Waals surface area contributed by atoms with E-state index in [4.69, 9.17) is 10.1 Å². The number of hydrogen-bond donors (Lipinski definition) is 0. The van der Waals surface area contributed by atoms with Crippen molar-refractivity contribution in [1.29, 1.82) is 0 Å². The van der Waals surface area contributed by atoms with Gasteiger partial charge < -0.3 is 4.57 Å². The van der Waals surface area contributed by atoms with Gasteiger partial charge in [0.05, 0.1) is 16.8 Å². The van der Waals surface area contributed by atoms with Crippen LogP contribution >= 0.6 is 11.3 Å². The SMILES string of the molecule is Cc1ccc(C)n1-c1ccsc1-c1cc2ncc(-n3cncn3)c(-c3ccccc3)n2n1. The Kier molecular flexibility index (Phi) is 4.26. The number of hydrogen-bond acceptors (Lipinski definition) is 5. The first-order valence-corrected chi connectivity index (χ1v) is 11.1. The van der Waals surface area contributed by atoms with Crippen LogP contribution in [0.4, 0.5) is 0 Å². The summed E-state index contributed by atoms with van der Waals surface area (Å²) in [5, 5.41) is 11.5. The molecule has 0 amide bonds. The number of rotatable bonds is 4. The van der Waals surface area contributed by atoms with Crippen molar-refractivity contribution < 1.29 is 0 Å². The van der Waals surface area contributed by atoms with E-state index in [1.165, 1.54) is 17.7 Å². The minimum atomic E-state index is 0.781. The molecule has 156 valence electrons. The van der Waals surface area contributed by atoms with Crippen LogP contribution in [-0.2, 0) is 0 Å². The van der Waals surface area contributed by atoms with Crippen molar-refractivity contribution in [3.8, 4) is 33.2 Å². The third-order valence-electron chi connectivity index (χ3n) is 5.57. The van der Waals surface area contributed by atoms with Crippen LogP contribution in [0.25, 0.3) is 38.9 Å². The van der Waals surface area contributed by atoms with Gasteiger partial charge in [0.1, 0.15) is 29.7 Å². The van der Waals surface area contributed by atoms with Crippen molar-refractivity contribution in [1.82, 2.24) is 33.9 Å². The fourth-order valence-corrected chi connectivity index (χ4v) is 4.95. The van der Waals surface area contributed by atoms with Crippen molar-refractivity contribution in [3.05, 3.63) is 90.2 Å².